The van der Waals surface area contributed by atoms with E-state index in [1.807, 2.05) is 6.07 Å². The SMILES string of the molecule is CC1(C)OB(c2cc(Br)cc(C3CC3)n2)OC1(C)C. The van der Waals surface area contributed by atoms with Crippen molar-refractivity contribution in [3.05, 3.63) is 22.3 Å². The summed E-state index contributed by atoms with van der Waals surface area (Å²) in [4.78, 5) is 4.73. The van der Waals surface area contributed by atoms with Crippen LogP contribution in [0.25, 0.3) is 0 Å². The molecular formula is C14H19BBrNO2. The second-order valence-corrected chi connectivity index (χ2v) is 7.41. The number of hydrogen-bond donors (Lipinski definition) is 0. The number of nitrogens with zero attached hydrogens (tertiary/aromatic N) is 1. The number of hydrogen-bond acceptors (Lipinski definition) is 3. The van der Waals surface area contributed by atoms with Gasteiger partial charge in [-0.05, 0) is 52.7 Å². The highest BCUT2D eigenvalue weighted by atomic mass is 79.9. The van der Waals surface area contributed by atoms with Crippen LogP contribution in [0.3, 0.4) is 0 Å². The molecule has 0 unspecified atom stereocenters. The van der Waals surface area contributed by atoms with Crippen molar-refractivity contribution in [2.24, 2.45) is 0 Å². The largest absolute Gasteiger partial charge is 0.514 e. The molecule has 1 aromatic rings. The first-order valence-electron chi connectivity index (χ1n) is 6.81. The lowest BCUT2D eigenvalue weighted by Gasteiger charge is -2.32. The third-order valence-electron chi connectivity index (χ3n) is 4.32. The molecule has 0 spiro atoms. The minimum atomic E-state index is -0.375. The quantitative estimate of drug-likeness (QED) is 0.784. The number of pyridine rings is 1. The van der Waals surface area contributed by atoms with Gasteiger partial charge >= 0.3 is 7.12 Å². The van der Waals surface area contributed by atoms with Crippen molar-refractivity contribution in [1.82, 2.24) is 4.98 Å². The van der Waals surface area contributed by atoms with Gasteiger partial charge in [0, 0.05) is 16.1 Å². The third-order valence-corrected chi connectivity index (χ3v) is 4.78. The average Bonchev–Trinajstić information content (AvgIpc) is 3.06. The van der Waals surface area contributed by atoms with E-state index < -0.39 is 0 Å². The van der Waals surface area contributed by atoms with Gasteiger partial charge in [0.15, 0.2) is 0 Å². The summed E-state index contributed by atoms with van der Waals surface area (Å²) < 4.78 is 13.2. The Morgan fingerprint density at radius 3 is 2.26 bits per heavy atom. The predicted octanol–water partition coefficient (Wildman–Crippen LogP) is 3.02. The smallest absolute Gasteiger partial charge is 0.398 e. The van der Waals surface area contributed by atoms with Crippen LogP contribution in [0, 0.1) is 0 Å². The summed E-state index contributed by atoms with van der Waals surface area (Å²) in [7, 11) is -0.375. The molecule has 2 aliphatic rings. The summed E-state index contributed by atoms with van der Waals surface area (Å²) in [6.45, 7) is 8.25. The molecule has 0 bridgehead atoms. The van der Waals surface area contributed by atoms with E-state index in [1.54, 1.807) is 0 Å². The summed E-state index contributed by atoms with van der Waals surface area (Å²) in [5.41, 5.74) is 1.39. The second kappa shape index (κ2) is 4.30. The third kappa shape index (κ3) is 2.48. The summed E-state index contributed by atoms with van der Waals surface area (Å²) >= 11 is 3.56. The molecule has 102 valence electrons. The highest BCUT2D eigenvalue weighted by Crippen LogP contribution is 2.40. The second-order valence-electron chi connectivity index (χ2n) is 6.50. The molecule has 19 heavy (non-hydrogen) atoms. The first-order chi connectivity index (χ1) is 8.78. The van der Waals surface area contributed by atoms with Gasteiger partial charge in [-0.25, -0.2) is 0 Å². The van der Waals surface area contributed by atoms with Crippen LogP contribution >= 0.6 is 15.9 Å². The predicted molar refractivity (Wildman–Crippen MR) is 79.6 cm³/mol. The zero-order valence-electron chi connectivity index (χ0n) is 11.9. The van der Waals surface area contributed by atoms with Gasteiger partial charge in [0.2, 0.25) is 0 Å². The van der Waals surface area contributed by atoms with Gasteiger partial charge in [-0.3, -0.25) is 4.98 Å². The highest BCUT2D eigenvalue weighted by Gasteiger charge is 2.52. The van der Waals surface area contributed by atoms with E-state index in [2.05, 4.69) is 49.7 Å². The van der Waals surface area contributed by atoms with Crippen molar-refractivity contribution in [3.63, 3.8) is 0 Å². The van der Waals surface area contributed by atoms with Crippen LogP contribution in [-0.4, -0.2) is 23.3 Å². The van der Waals surface area contributed by atoms with E-state index in [1.165, 1.54) is 12.8 Å². The number of aromatic nitrogens is 1. The topological polar surface area (TPSA) is 31.4 Å². The van der Waals surface area contributed by atoms with Gasteiger partial charge in [-0.1, -0.05) is 15.9 Å². The Balaban J connectivity index is 1.91. The summed E-state index contributed by atoms with van der Waals surface area (Å²) in [6.07, 6.45) is 2.48. The normalized spacial score (nSPS) is 24.8. The maximum Gasteiger partial charge on any atom is 0.514 e. The van der Waals surface area contributed by atoms with E-state index in [0.29, 0.717) is 5.92 Å². The molecule has 0 radical (unpaired) electrons. The lowest BCUT2D eigenvalue weighted by Crippen LogP contribution is -2.41. The highest BCUT2D eigenvalue weighted by molar-refractivity contribution is 9.10. The maximum atomic E-state index is 6.05. The summed E-state index contributed by atoms with van der Waals surface area (Å²) in [6, 6.07) is 4.10. The first-order valence-corrected chi connectivity index (χ1v) is 7.61. The van der Waals surface area contributed by atoms with E-state index >= 15 is 0 Å². The summed E-state index contributed by atoms with van der Waals surface area (Å²) in [5, 5.41) is 0. The van der Waals surface area contributed by atoms with Crippen molar-refractivity contribution < 1.29 is 9.31 Å². The molecule has 3 rings (SSSR count). The van der Waals surface area contributed by atoms with Crippen molar-refractivity contribution in [2.75, 3.05) is 0 Å². The molecule has 0 atom stereocenters. The Labute approximate surface area is 123 Å². The monoisotopic (exact) mass is 323 g/mol. The average molecular weight is 324 g/mol. The fourth-order valence-electron chi connectivity index (χ4n) is 2.21. The Morgan fingerprint density at radius 2 is 1.74 bits per heavy atom. The fraction of sp³-hybridized carbons (Fsp3) is 0.643. The summed E-state index contributed by atoms with van der Waals surface area (Å²) in [5.74, 6) is 0.624. The number of rotatable bonds is 2. The molecule has 1 aliphatic heterocycles. The molecule has 0 N–H and O–H groups in total. The molecule has 0 amide bonds. The van der Waals surface area contributed by atoms with Crippen LogP contribution in [0.4, 0.5) is 0 Å². The van der Waals surface area contributed by atoms with Gasteiger partial charge in [-0.2, -0.15) is 0 Å². The van der Waals surface area contributed by atoms with Crippen molar-refractivity contribution in [2.45, 2.75) is 57.7 Å². The molecule has 5 heteroatoms. The van der Waals surface area contributed by atoms with Gasteiger partial charge in [-0.15, -0.1) is 0 Å². The zero-order chi connectivity index (χ0) is 13.8. The van der Waals surface area contributed by atoms with Crippen molar-refractivity contribution >= 4 is 28.6 Å². The minimum absolute atomic E-state index is 0.318. The standard InChI is InChI=1S/C14H19BBrNO2/c1-13(2)14(3,4)19-15(18-13)12-8-10(16)7-11(17-12)9-5-6-9/h7-9H,5-6H2,1-4H3. The molecule has 2 fully saturated rings. The molecule has 1 aliphatic carbocycles. The fourth-order valence-corrected chi connectivity index (χ4v) is 2.68. The Hall–Kier alpha value is -0.385. The van der Waals surface area contributed by atoms with Gasteiger partial charge in [0.25, 0.3) is 0 Å². The van der Waals surface area contributed by atoms with Crippen LogP contribution in [-0.2, 0) is 9.31 Å². The van der Waals surface area contributed by atoms with Crippen LogP contribution in [0.2, 0.25) is 0 Å². The van der Waals surface area contributed by atoms with E-state index in [4.69, 9.17) is 14.3 Å². The van der Waals surface area contributed by atoms with E-state index in [0.717, 1.165) is 15.8 Å². The van der Waals surface area contributed by atoms with Crippen LogP contribution in [0.5, 0.6) is 0 Å². The lowest BCUT2D eigenvalue weighted by molar-refractivity contribution is 0.00578. The molecule has 0 aromatic carbocycles. The number of halogens is 1. The van der Waals surface area contributed by atoms with E-state index in [9.17, 15) is 0 Å². The minimum Gasteiger partial charge on any atom is -0.398 e. The van der Waals surface area contributed by atoms with Crippen molar-refractivity contribution in [1.29, 1.82) is 0 Å². The van der Waals surface area contributed by atoms with Crippen LogP contribution < -0.4 is 5.59 Å². The molecular weight excluding hydrogens is 305 g/mol. The lowest BCUT2D eigenvalue weighted by atomic mass is 9.84. The Kier molecular flexibility index (Phi) is 3.08. The molecule has 3 nitrogen and oxygen atoms in total. The van der Waals surface area contributed by atoms with Crippen LogP contribution in [0.1, 0.15) is 52.1 Å². The van der Waals surface area contributed by atoms with Gasteiger partial charge in [0.1, 0.15) is 0 Å². The first kappa shape index (κ1) is 13.6. The van der Waals surface area contributed by atoms with Crippen molar-refractivity contribution in [3.8, 4) is 0 Å². The Morgan fingerprint density at radius 1 is 1.16 bits per heavy atom. The van der Waals surface area contributed by atoms with E-state index in [-0.39, 0.29) is 18.3 Å². The zero-order valence-corrected chi connectivity index (χ0v) is 13.5. The van der Waals surface area contributed by atoms with Gasteiger partial charge < -0.3 is 9.31 Å². The molecule has 1 saturated heterocycles. The molecule has 2 heterocycles. The van der Waals surface area contributed by atoms with Gasteiger partial charge in [0.05, 0.1) is 16.8 Å². The van der Waals surface area contributed by atoms with Crippen LogP contribution in [0.15, 0.2) is 16.6 Å². The Bertz CT molecular complexity index is 498. The molecule has 1 aromatic heterocycles. The molecule has 1 saturated carbocycles. The maximum absolute atomic E-state index is 6.05.